The molecule has 0 amide bonds. The van der Waals surface area contributed by atoms with Crippen LogP contribution in [0.2, 0.25) is 0 Å². The van der Waals surface area contributed by atoms with E-state index in [0.717, 1.165) is 21.9 Å². The van der Waals surface area contributed by atoms with Crippen LogP contribution in [0.3, 0.4) is 0 Å². The zero-order chi connectivity index (χ0) is 33.8. The lowest BCUT2D eigenvalue weighted by Gasteiger charge is -2.24. The number of furan rings is 1. The minimum absolute atomic E-state index is 0.149. The zero-order valence-electron chi connectivity index (χ0n) is 28.4. The fraction of sp³-hybridized carbons (Fsp3) is 0.0612. The van der Waals surface area contributed by atoms with Crippen LogP contribution in [0.15, 0.2) is 168 Å². The zero-order valence-corrected chi connectivity index (χ0v) is 28.4. The van der Waals surface area contributed by atoms with Crippen molar-refractivity contribution in [2.75, 3.05) is 0 Å². The van der Waals surface area contributed by atoms with Crippen molar-refractivity contribution in [1.29, 1.82) is 0 Å². The smallest absolute Gasteiger partial charge is 0.135 e. The molecule has 0 aliphatic heterocycles. The minimum atomic E-state index is -0.149. The average Bonchev–Trinajstić information content (AvgIpc) is 3.80. The summed E-state index contributed by atoms with van der Waals surface area (Å²) < 4.78 is 8.75. The van der Waals surface area contributed by atoms with Gasteiger partial charge in [0.15, 0.2) is 0 Å². The first-order chi connectivity index (χ1) is 25.1. The van der Waals surface area contributed by atoms with Crippen LogP contribution < -0.4 is 0 Å². The molecule has 0 atom stereocenters. The molecule has 2 aromatic heterocycles. The maximum Gasteiger partial charge on any atom is 0.135 e. The van der Waals surface area contributed by atoms with E-state index in [0.29, 0.717) is 0 Å². The molecule has 8 aromatic carbocycles. The third kappa shape index (κ3) is 3.88. The standard InChI is InChI=1S/C49H33NO/c1-49(2)41-22-12-10-21-38(41)47-39-26-24-31(29-42(39)50(48(47)49)32-14-4-3-5-15-32)46-36-19-8-6-17-34(36)45(35-18-7-9-20-37(35)46)30-25-27-44-40(28-30)33-16-11-13-23-43(33)51-44/h3-29H,1-2H3. The van der Waals surface area contributed by atoms with E-state index < -0.39 is 0 Å². The van der Waals surface area contributed by atoms with Gasteiger partial charge < -0.3 is 8.98 Å². The number of benzene rings is 8. The molecule has 11 rings (SSSR count). The van der Waals surface area contributed by atoms with Crippen LogP contribution in [0.4, 0.5) is 0 Å². The molecule has 0 bridgehead atoms. The van der Waals surface area contributed by atoms with E-state index in [1.807, 2.05) is 12.1 Å². The van der Waals surface area contributed by atoms with Crippen molar-refractivity contribution in [2.24, 2.45) is 0 Å². The van der Waals surface area contributed by atoms with Crippen LogP contribution in [-0.4, -0.2) is 4.57 Å². The Kier molecular flexibility index (Phi) is 5.76. The van der Waals surface area contributed by atoms with Crippen LogP contribution in [0.5, 0.6) is 0 Å². The van der Waals surface area contributed by atoms with Crippen molar-refractivity contribution in [3.8, 4) is 39.1 Å². The van der Waals surface area contributed by atoms with Crippen LogP contribution in [0, 0.1) is 0 Å². The molecular weight excluding hydrogens is 619 g/mol. The highest BCUT2D eigenvalue weighted by Crippen LogP contribution is 2.54. The Morgan fingerprint density at radius 2 is 0.980 bits per heavy atom. The average molecular weight is 652 g/mol. The highest BCUT2D eigenvalue weighted by Gasteiger charge is 2.40. The van der Waals surface area contributed by atoms with Crippen molar-refractivity contribution >= 4 is 54.4 Å². The number of hydrogen-bond donors (Lipinski definition) is 0. The monoisotopic (exact) mass is 651 g/mol. The number of rotatable bonds is 3. The SMILES string of the molecule is CC1(C)c2ccccc2-c2c1n(-c1ccccc1)c1cc(-c3c4ccccc4c(-c4ccc5oc6ccccc6c5c4)c4ccccc34)ccc21. The second-order valence-electron chi connectivity index (χ2n) is 14.4. The van der Waals surface area contributed by atoms with Gasteiger partial charge in [-0.05, 0) is 91.3 Å². The van der Waals surface area contributed by atoms with E-state index in [2.05, 4.69) is 170 Å². The van der Waals surface area contributed by atoms with Gasteiger partial charge in [0.2, 0.25) is 0 Å². The van der Waals surface area contributed by atoms with Crippen molar-refractivity contribution in [3.05, 3.63) is 175 Å². The number of fused-ring (bicyclic) bond motifs is 10. The van der Waals surface area contributed by atoms with Gasteiger partial charge in [0.25, 0.3) is 0 Å². The Morgan fingerprint density at radius 3 is 1.69 bits per heavy atom. The summed E-state index contributed by atoms with van der Waals surface area (Å²) in [4.78, 5) is 0. The molecule has 1 aliphatic rings. The van der Waals surface area contributed by atoms with Gasteiger partial charge in [0.05, 0.1) is 5.52 Å². The van der Waals surface area contributed by atoms with E-state index in [1.165, 1.54) is 82.8 Å². The van der Waals surface area contributed by atoms with E-state index in [9.17, 15) is 0 Å². The summed E-state index contributed by atoms with van der Waals surface area (Å²) in [5, 5.41) is 8.57. The Morgan fingerprint density at radius 1 is 0.431 bits per heavy atom. The summed E-state index contributed by atoms with van der Waals surface area (Å²) in [5.41, 5.74) is 14.5. The van der Waals surface area contributed by atoms with Crippen molar-refractivity contribution in [1.82, 2.24) is 4.57 Å². The molecule has 1 aliphatic carbocycles. The highest BCUT2D eigenvalue weighted by atomic mass is 16.3. The first-order valence-electron chi connectivity index (χ1n) is 17.8. The molecule has 240 valence electrons. The number of nitrogens with zero attached hydrogens (tertiary/aromatic N) is 1. The first kappa shape index (κ1) is 28.5. The van der Waals surface area contributed by atoms with Crippen molar-refractivity contribution in [3.63, 3.8) is 0 Å². The fourth-order valence-electron chi connectivity index (χ4n) is 9.16. The molecular formula is C49H33NO. The summed E-state index contributed by atoms with van der Waals surface area (Å²) in [7, 11) is 0. The summed E-state index contributed by atoms with van der Waals surface area (Å²) in [6.45, 7) is 4.75. The topological polar surface area (TPSA) is 18.1 Å². The van der Waals surface area contributed by atoms with E-state index in [-0.39, 0.29) is 5.41 Å². The van der Waals surface area contributed by atoms with Crippen LogP contribution in [-0.2, 0) is 5.41 Å². The maximum absolute atomic E-state index is 6.22. The molecule has 51 heavy (non-hydrogen) atoms. The lowest BCUT2D eigenvalue weighted by atomic mass is 9.85. The Hall–Kier alpha value is -6.38. The number of hydrogen-bond acceptors (Lipinski definition) is 1. The van der Waals surface area contributed by atoms with Gasteiger partial charge in [-0.25, -0.2) is 0 Å². The van der Waals surface area contributed by atoms with Gasteiger partial charge in [-0.2, -0.15) is 0 Å². The van der Waals surface area contributed by atoms with E-state index in [1.54, 1.807) is 0 Å². The van der Waals surface area contributed by atoms with E-state index in [4.69, 9.17) is 4.42 Å². The molecule has 0 spiro atoms. The van der Waals surface area contributed by atoms with Crippen LogP contribution in [0.1, 0.15) is 25.1 Å². The molecule has 0 unspecified atom stereocenters. The molecule has 2 heteroatoms. The molecule has 0 radical (unpaired) electrons. The Balaban J connectivity index is 1.22. The summed E-state index contributed by atoms with van der Waals surface area (Å²) in [6.07, 6.45) is 0. The van der Waals surface area contributed by atoms with Crippen molar-refractivity contribution in [2.45, 2.75) is 19.3 Å². The van der Waals surface area contributed by atoms with Gasteiger partial charge >= 0.3 is 0 Å². The Bertz CT molecular complexity index is 2990. The van der Waals surface area contributed by atoms with Gasteiger partial charge in [-0.3, -0.25) is 0 Å². The summed E-state index contributed by atoms with van der Waals surface area (Å²) in [6, 6.07) is 59.9. The fourth-order valence-corrected chi connectivity index (χ4v) is 9.16. The molecule has 0 saturated carbocycles. The first-order valence-corrected chi connectivity index (χ1v) is 17.8. The maximum atomic E-state index is 6.22. The van der Waals surface area contributed by atoms with E-state index >= 15 is 0 Å². The molecule has 0 fully saturated rings. The lowest BCUT2D eigenvalue weighted by Crippen LogP contribution is -2.19. The normalized spacial score (nSPS) is 13.5. The highest BCUT2D eigenvalue weighted by molar-refractivity contribution is 6.22. The molecule has 0 N–H and O–H groups in total. The predicted molar refractivity (Wildman–Crippen MR) is 214 cm³/mol. The number of aromatic nitrogens is 1. The third-order valence-electron chi connectivity index (χ3n) is 11.3. The predicted octanol–water partition coefficient (Wildman–Crippen LogP) is 13.5. The molecule has 2 heterocycles. The summed E-state index contributed by atoms with van der Waals surface area (Å²) >= 11 is 0. The molecule has 0 saturated heterocycles. The second-order valence-corrected chi connectivity index (χ2v) is 14.4. The van der Waals surface area contributed by atoms with Crippen LogP contribution >= 0.6 is 0 Å². The largest absolute Gasteiger partial charge is 0.456 e. The van der Waals surface area contributed by atoms with Gasteiger partial charge in [-0.15, -0.1) is 0 Å². The minimum Gasteiger partial charge on any atom is -0.456 e. The second kappa shape index (κ2) is 10.3. The molecule has 10 aromatic rings. The summed E-state index contributed by atoms with van der Waals surface area (Å²) in [5.74, 6) is 0. The van der Waals surface area contributed by atoms with Gasteiger partial charge in [0.1, 0.15) is 11.2 Å². The Labute approximate surface area is 295 Å². The van der Waals surface area contributed by atoms with Gasteiger partial charge in [-0.1, -0.05) is 141 Å². The van der Waals surface area contributed by atoms with Crippen LogP contribution in [0.25, 0.3) is 93.5 Å². The third-order valence-corrected chi connectivity index (χ3v) is 11.3. The number of para-hydroxylation sites is 2. The van der Waals surface area contributed by atoms with Crippen molar-refractivity contribution < 1.29 is 4.42 Å². The lowest BCUT2D eigenvalue weighted by molar-refractivity contribution is 0.624. The quantitative estimate of drug-likeness (QED) is 0.174. The molecule has 2 nitrogen and oxygen atoms in total. The van der Waals surface area contributed by atoms with Gasteiger partial charge in [0, 0.05) is 38.5 Å².